The Labute approximate surface area is 112 Å². The quantitative estimate of drug-likeness (QED) is 0.529. The van der Waals surface area contributed by atoms with E-state index in [4.69, 9.17) is 0 Å². The maximum Gasteiger partial charge on any atom is 0.472 e. The van der Waals surface area contributed by atoms with Gasteiger partial charge in [-0.05, 0) is 18.3 Å². The summed E-state index contributed by atoms with van der Waals surface area (Å²) in [6.07, 6.45) is 3.37. The van der Waals surface area contributed by atoms with Crippen molar-refractivity contribution in [1.82, 2.24) is 10.9 Å². The lowest BCUT2D eigenvalue weighted by Gasteiger charge is -2.27. The van der Waals surface area contributed by atoms with Crippen LogP contribution in [0.25, 0.3) is 0 Å². The fourth-order valence-corrected chi connectivity index (χ4v) is 2.30. The molecule has 0 aromatic carbocycles. The number of carbonyl (C=O) groups excluding carboxylic acids is 1. The SMILES string of the molecule is CCC(CCNNC(=O)C(F)(F)F)CCC1CCC1. The molecule has 0 saturated heterocycles. The van der Waals surface area contributed by atoms with Gasteiger partial charge in [-0.1, -0.05) is 45.4 Å². The maximum atomic E-state index is 11.9. The summed E-state index contributed by atoms with van der Waals surface area (Å²) in [4.78, 5) is 10.5. The van der Waals surface area contributed by atoms with Crippen molar-refractivity contribution >= 4 is 5.91 Å². The highest BCUT2D eigenvalue weighted by Crippen LogP contribution is 2.32. The van der Waals surface area contributed by atoms with E-state index < -0.39 is 12.1 Å². The molecule has 1 aliphatic rings. The summed E-state index contributed by atoms with van der Waals surface area (Å²) < 4.78 is 35.7. The lowest BCUT2D eigenvalue weighted by atomic mass is 9.79. The molecule has 3 nitrogen and oxygen atoms in total. The number of carbonyl (C=O) groups is 1. The zero-order valence-electron chi connectivity index (χ0n) is 11.4. The molecule has 0 aromatic heterocycles. The summed E-state index contributed by atoms with van der Waals surface area (Å²) in [6.45, 7) is 2.48. The van der Waals surface area contributed by atoms with E-state index in [-0.39, 0.29) is 0 Å². The van der Waals surface area contributed by atoms with Crippen molar-refractivity contribution < 1.29 is 18.0 Å². The molecule has 1 atom stereocenters. The Bertz CT molecular complexity index is 278. The van der Waals surface area contributed by atoms with Crippen LogP contribution in [0.2, 0.25) is 0 Å². The van der Waals surface area contributed by atoms with Crippen LogP contribution in [0.1, 0.15) is 51.9 Å². The third kappa shape index (κ3) is 6.27. The van der Waals surface area contributed by atoms with Crippen molar-refractivity contribution in [3.05, 3.63) is 0 Å². The summed E-state index contributed by atoms with van der Waals surface area (Å²) in [7, 11) is 0. The molecule has 0 heterocycles. The Morgan fingerprint density at radius 1 is 1.32 bits per heavy atom. The minimum atomic E-state index is -4.82. The van der Waals surface area contributed by atoms with Crippen LogP contribution in [-0.4, -0.2) is 18.6 Å². The molecule has 0 aliphatic heterocycles. The molecule has 1 rings (SSSR count). The van der Waals surface area contributed by atoms with Crippen molar-refractivity contribution in [3.8, 4) is 0 Å². The highest BCUT2D eigenvalue weighted by atomic mass is 19.4. The van der Waals surface area contributed by atoms with E-state index in [1.54, 1.807) is 5.43 Å². The van der Waals surface area contributed by atoms with Crippen LogP contribution in [0.5, 0.6) is 0 Å². The summed E-state index contributed by atoms with van der Waals surface area (Å²) in [5, 5.41) is 0. The maximum absolute atomic E-state index is 11.9. The highest BCUT2D eigenvalue weighted by Gasteiger charge is 2.38. The number of rotatable bonds is 8. The van der Waals surface area contributed by atoms with Gasteiger partial charge in [-0.3, -0.25) is 10.2 Å². The second-order valence-electron chi connectivity index (χ2n) is 5.32. The Morgan fingerprint density at radius 3 is 2.47 bits per heavy atom. The monoisotopic (exact) mass is 280 g/mol. The predicted octanol–water partition coefficient (Wildman–Crippen LogP) is 3.17. The molecule has 1 fully saturated rings. The minimum Gasteiger partial charge on any atom is -0.284 e. The Kier molecular flexibility index (Phi) is 6.62. The van der Waals surface area contributed by atoms with Crippen LogP contribution in [0.15, 0.2) is 0 Å². The fourth-order valence-electron chi connectivity index (χ4n) is 2.30. The van der Waals surface area contributed by atoms with Gasteiger partial charge in [-0.15, -0.1) is 0 Å². The third-order valence-electron chi connectivity index (χ3n) is 3.92. The normalized spacial score (nSPS) is 17.9. The van der Waals surface area contributed by atoms with E-state index in [9.17, 15) is 18.0 Å². The van der Waals surface area contributed by atoms with Crippen LogP contribution < -0.4 is 10.9 Å². The average Bonchev–Trinajstić information content (AvgIpc) is 2.28. The molecular weight excluding hydrogens is 257 g/mol. The average molecular weight is 280 g/mol. The first-order chi connectivity index (χ1) is 8.93. The van der Waals surface area contributed by atoms with Crippen molar-refractivity contribution in [1.29, 1.82) is 0 Å². The van der Waals surface area contributed by atoms with Crippen LogP contribution in [0, 0.1) is 11.8 Å². The molecule has 112 valence electrons. The molecule has 1 amide bonds. The predicted molar refractivity (Wildman–Crippen MR) is 67.2 cm³/mol. The van der Waals surface area contributed by atoms with Crippen LogP contribution in [-0.2, 0) is 4.79 Å². The number of alkyl halides is 3. The topological polar surface area (TPSA) is 41.1 Å². The Morgan fingerprint density at radius 2 is 2.00 bits per heavy atom. The molecule has 19 heavy (non-hydrogen) atoms. The second-order valence-corrected chi connectivity index (χ2v) is 5.32. The van der Waals surface area contributed by atoms with Gasteiger partial charge in [0.05, 0.1) is 0 Å². The fraction of sp³-hybridized carbons (Fsp3) is 0.923. The first-order valence-electron chi connectivity index (χ1n) is 7.03. The van der Waals surface area contributed by atoms with Gasteiger partial charge in [-0.25, -0.2) is 5.43 Å². The van der Waals surface area contributed by atoms with Crippen molar-refractivity contribution in [2.45, 2.75) is 58.0 Å². The van der Waals surface area contributed by atoms with Gasteiger partial charge in [0.15, 0.2) is 0 Å². The lowest BCUT2D eigenvalue weighted by Crippen LogP contribution is -2.45. The number of hydrogen-bond donors (Lipinski definition) is 2. The number of hydrazine groups is 1. The van der Waals surface area contributed by atoms with Gasteiger partial charge in [-0.2, -0.15) is 13.2 Å². The van der Waals surface area contributed by atoms with Gasteiger partial charge >= 0.3 is 12.1 Å². The number of amides is 1. The van der Waals surface area contributed by atoms with Gasteiger partial charge in [0, 0.05) is 6.54 Å². The van der Waals surface area contributed by atoms with E-state index in [1.807, 2.05) is 0 Å². The third-order valence-corrected chi connectivity index (χ3v) is 3.92. The second kappa shape index (κ2) is 7.72. The van der Waals surface area contributed by atoms with E-state index in [0.29, 0.717) is 12.5 Å². The highest BCUT2D eigenvalue weighted by molar-refractivity contribution is 5.81. The standard InChI is InChI=1S/C13H23F3N2O/c1-2-10(6-7-11-4-3-5-11)8-9-17-18-12(19)13(14,15)16/h10-11,17H,2-9H2,1H3,(H,18,19). The molecule has 1 saturated carbocycles. The Hall–Kier alpha value is -0.780. The van der Waals surface area contributed by atoms with Crippen LogP contribution in [0.4, 0.5) is 13.2 Å². The molecule has 0 radical (unpaired) electrons. The first kappa shape index (κ1) is 16.3. The van der Waals surface area contributed by atoms with E-state index in [0.717, 1.165) is 25.2 Å². The zero-order valence-corrected chi connectivity index (χ0v) is 11.4. The Balaban J connectivity index is 2.06. The van der Waals surface area contributed by atoms with Crippen LogP contribution in [0.3, 0.4) is 0 Å². The molecular formula is C13H23F3N2O. The van der Waals surface area contributed by atoms with Gasteiger partial charge < -0.3 is 0 Å². The van der Waals surface area contributed by atoms with E-state index >= 15 is 0 Å². The molecule has 1 aliphatic carbocycles. The summed E-state index contributed by atoms with van der Waals surface area (Å²) in [5.41, 5.74) is 4.03. The van der Waals surface area contributed by atoms with Gasteiger partial charge in [0.1, 0.15) is 0 Å². The lowest BCUT2D eigenvalue weighted by molar-refractivity contribution is -0.174. The molecule has 2 N–H and O–H groups in total. The number of nitrogens with one attached hydrogen (secondary N) is 2. The van der Waals surface area contributed by atoms with E-state index in [2.05, 4.69) is 12.3 Å². The van der Waals surface area contributed by atoms with Crippen molar-refractivity contribution in [2.24, 2.45) is 11.8 Å². The zero-order chi connectivity index (χ0) is 14.3. The smallest absolute Gasteiger partial charge is 0.284 e. The number of hydrogen-bond acceptors (Lipinski definition) is 2. The molecule has 1 unspecified atom stereocenters. The molecule has 0 spiro atoms. The van der Waals surface area contributed by atoms with Crippen molar-refractivity contribution in [2.75, 3.05) is 6.54 Å². The first-order valence-corrected chi connectivity index (χ1v) is 7.03. The number of halogens is 3. The van der Waals surface area contributed by atoms with Crippen LogP contribution >= 0.6 is 0 Å². The summed E-state index contributed by atoms with van der Waals surface area (Å²) >= 11 is 0. The molecule has 0 bridgehead atoms. The summed E-state index contributed by atoms with van der Waals surface area (Å²) in [5.74, 6) is -0.544. The van der Waals surface area contributed by atoms with Gasteiger partial charge in [0.2, 0.25) is 0 Å². The van der Waals surface area contributed by atoms with Gasteiger partial charge in [0.25, 0.3) is 0 Å². The summed E-state index contributed by atoms with van der Waals surface area (Å²) in [6, 6.07) is 0. The van der Waals surface area contributed by atoms with Crippen molar-refractivity contribution in [3.63, 3.8) is 0 Å². The molecule has 6 heteroatoms. The van der Waals surface area contributed by atoms with E-state index in [1.165, 1.54) is 25.7 Å². The largest absolute Gasteiger partial charge is 0.472 e. The minimum absolute atomic E-state index is 0.380. The molecule has 0 aromatic rings.